The zero-order valence-electron chi connectivity index (χ0n) is 17.6. The molecule has 0 saturated heterocycles. The van der Waals surface area contributed by atoms with Gasteiger partial charge in [0.05, 0.1) is 0 Å². The van der Waals surface area contributed by atoms with Crippen molar-refractivity contribution in [1.82, 2.24) is 19.8 Å². The first kappa shape index (κ1) is 22.1. The maximum absolute atomic E-state index is 13.4. The Balaban J connectivity index is 2.02. The molecule has 0 aliphatic carbocycles. The maximum Gasteiger partial charge on any atom is 0.276 e. The summed E-state index contributed by atoms with van der Waals surface area (Å²) in [4.78, 5) is 29.3. The zero-order chi connectivity index (χ0) is 21.7. The monoisotopic (exact) mass is 442 g/mol. The van der Waals surface area contributed by atoms with E-state index in [0.717, 1.165) is 34.0 Å². The molecule has 0 fully saturated rings. The van der Waals surface area contributed by atoms with E-state index in [1.807, 2.05) is 69.5 Å². The number of rotatable bonds is 8. The Kier molecular flexibility index (Phi) is 6.99. The van der Waals surface area contributed by atoms with Gasteiger partial charge in [-0.3, -0.25) is 9.59 Å². The summed E-state index contributed by atoms with van der Waals surface area (Å²) in [5, 5.41) is 10.6. The molecule has 1 aromatic carbocycles. The molecule has 0 radical (unpaired) electrons. The van der Waals surface area contributed by atoms with E-state index in [0.29, 0.717) is 6.54 Å². The molecular weight excluding hydrogens is 416 g/mol. The van der Waals surface area contributed by atoms with Crippen molar-refractivity contribution in [2.45, 2.75) is 52.2 Å². The molecule has 1 N–H and O–H groups in total. The second-order valence-electron chi connectivity index (χ2n) is 7.85. The molecular formula is C22H26N4O2S2. The first-order valence-corrected chi connectivity index (χ1v) is 11.5. The van der Waals surface area contributed by atoms with Gasteiger partial charge in [0.25, 0.3) is 5.91 Å². The van der Waals surface area contributed by atoms with Gasteiger partial charge in [-0.1, -0.05) is 47.3 Å². The van der Waals surface area contributed by atoms with Gasteiger partial charge in [-0.05, 0) is 55.7 Å². The van der Waals surface area contributed by atoms with Crippen LogP contribution in [-0.4, -0.2) is 31.8 Å². The van der Waals surface area contributed by atoms with Gasteiger partial charge in [0, 0.05) is 22.3 Å². The average Bonchev–Trinajstić information content (AvgIpc) is 3.42. The number of carbonyl (C=O) groups excluding carboxylic acids is 2. The molecule has 158 valence electrons. The van der Waals surface area contributed by atoms with E-state index in [4.69, 9.17) is 0 Å². The highest BCUT2D eigenvalue weighted by Crippen LogP contribution is 2.29. The predicted molar refractivity (Wildman–Crippen MR) is 121 cm³/mol. The fourth-order valence-electron chi connectivity index (χ4n) is 2.94. The largest absolute Gasteiger partial charge is 0.349 e. The van der Waals surface area contributed by atoms with Crippen molar-refractivity contribution in [1.29, 1.82) is 0 Å². The molecule has 8 heteroatoms. The highest BCUT2D eigenvalue weighted by atomic mass is 32.1. The van der Waals surface area contributed by atoms with E-state index < -0.39 is 6.04 Å². The summed E-state index contributed by atoms with van der Waals surface area (Å²) in [7, 11) is 0. The number of amides is 2. The lowest BCUT2D eigenvalue weighted by Crippen LogP contribution is -2.50. The van der Waals surface area contributed by atoms with Crippen LogP contribution < -0.4 is 5.32 Å². The van der Waals surface area contributed by atoms with Crippen LogP contribution in [0.1, 0.15) is 59.7 Å². The minimum absolute atomic E-state index is 0.201. The third-order valence-electron chi connectivity index (χ3n) is 5.03. The highest BCUT2D eigenvalue weighted by molar-refractivity contribution is 7.10. The zero-order valence-corrected chi connectivity index (χ0v) is 19.2. The fraction of sp³-hybridized carbons (Fsp3) is 0.364. The molecule has 1 atom stereocenters. The number of hydrogen-bond acceptors (Lipinski definition) is 6. The van der Waals surface area contributed by atoms with Crippen LogP contribution in [0.2, 0.25) is 0 Å². The molecule has 0 aliphatic rings. The molecule has 3 aromatic rings. The van der Waals surface area contributed by atoms with Crippen molar-refractivity contribution in [3.8, 4) is 0 Å². The average molecular weight is 443 g/mol. The van der Waals surface area contributed by atoms with Crippen LogP contribution in [0.3, 0.4) is 0 Å². The smallest absolute Gasteiger partial charge is 0.276 e. The van der Waals surface area contributed by atoms with Crippen LogP contribution in [0.15, 0.2) is 47.2 Å². The van der Waals surface area contributed by atoms with E-state index in [-0.39, 0.29) is 23.0 Å². The van der Waals surface area contributed by atoms with E-state index in [9.17, 15) is 9.59 Å². The number of thiophene rings is 1. The fourth-order valence-corrected chi connectivity index (χ4v) is 4.20. The van der Waals surface area contributed by atoms with Gasteiger partial charge in [0.15, 0.2) is 5.69 Å². The minimum Gasteiger partial charge on any atom is -0.349 e. The summed E-state index contributed by atoms with van der Waals surface area (Å²) in [5.41, 5.74) is 1.95. The SMILES string of the molecule is CCC(C)(C)NC(=O)[C@H](c1cccs1)N(Cc1ccc(C)cc1)C(=O)c1csnn1. The molecule has 6 nitrogen and oxygen atoms in total. The molecule has 0 spiro atoms. The predicted octanol–water partition coefficient (Wildman–Crippen LogP) is 4.60. The molecule has 0 bridgehead atoms. The summed E-state index contributed by atoms with van der Waals surface area (Å²) in [6.07, 6.45) is 0.776. The molecule has 2 amide bonds. The maximum atomic E-state index is 13.4. The van der Waals surface area contributed by atoms with Crippen LogP contribution in [-0.2, 0) is 11.3 Å². The number of aryl methyl sites for hydroxylation is 1. The standard InChI is InChI=1S/C22H26N4O2S2/c1-5-22(3,4)23-20(27)19(18-7-6-12-29-18)26(21(28)17-14-30-25-24-17)13-16-10-8-15(2)9-11-16/h6-12,14,19H,5,13H2,1-4H3,(H,23,27)/t19-/m0/s1. The Bertz CT molecular complexity index is 967. The lowest BCUT2D eigenvalue weighted by atomic mass is 10.0. The highest BCUT2D eigenvalue weighted by Gasteiger charge is 2.35. The van der Waals surface area contributed by atoms with Crippen LogP contribution in [0.25, 0.3) is 0 Å². The van der Waals surface area contributed by atoms with Gasteiger partial charge >= 0.3 is 0 Å². The summed E-state index contributed by atoms with van der Waals surface area (Å²) < 4.78 is 3.83. The third kappa shape index (κ3) is 5.31. The van der Waals surface area contributed by atoms with Crippen LogP contribution in [0.4, 0.5) is 0 Å². The van der Waals surface area contributed by atoms with Crippen LogP contribution in [0, 0.1) is 6.92 Å². The lowest BCUT2D eigenvalue weighted by molar-refractivity contribution is -0.127. The summed E-state index contributed by atoms with van der Waals surface area (Å²) in [6.45, 7) is 8.29. The first-order chi connectivity index (χ1) is 14.3. The lowest BCUT2D eigenvalue weighted by Gasteiger charge is -2.33. The molecule has 3 rings (SSSR count). The van der Waals surface area contributed by atoms with E-state index in [2.05, 4.69) is 14.9 Å². The molecule has 2 heterocycles. The van der Waals surface area contributed by atoms with E-state index >= 15 is 0 Å². The van der Waals surface area contributed by atoms with Gasteiger partial charge in [-0.15, -0.1) is 16.4 Å². The normalized spacial score (nSPS) is 12.4. The van der Waals surface area contributed by atoms with Gasteiger partial charge in [0.1, 0.15) is 6.04 Å². The summed E-state index contributed by atoms with van der Waals surface area (Å²) >= 11 is 2.58. The molecule has 30 heavy (non-hydrogen) atoms. The molecule has 0 aliphatic heterocycles. The summed E-state index contributed by atoms with van der Waals surface area (Å²) in [6, 6.07) is 11.0. The number of benzene rings is 1. The molecule has 2 aromatic heterocycles. The Morgan fingerprint density at radius 3 is 2.50 bits per heavy atom. The number of hydrogen-bond donors (Lipinski definition) is 1. The van der Waals surface area contributed by atoms with Crippen LogP contribution in [0.5, 0.6) is 0 Å². The van der Waals surface area contributed by atoms with Crippen molar-refractivity contribution in [3.05, 3.63) is 68.9 Å². The third-order valence-corrected chi connectivity index (χ3v) is 6.46. The molecule has 0 unspecified atom stereocenters. The van der Waals surface area contributed by atoms with Gasteiger partial charge in [-0.2, -0.15) is 0 Å². The second-order valence-corrected chi connectivity index (χ2v) is 9.44. The quantitative estimate of drug-likeness (QED) is 0.553. The number of nitrogens with one attached hydrogen (secondary N) is 1. The Labute approximate surface area is 185 Å². The van der Waals surface area contributed by atoms with Crippen molar-refractivity contribution >= 4 is 34.7 Å². The van der Waals surface area contributed by atoms with Gasteiger partial charge in [-0.25, -0.2) is 0 Å². The summed E-state index contributed by atoms with van der Waals surface area (Å²) in [5.74, 6) is -0.514. The Hall–Kier alpha value is -2.58. The van der Waals surface area contributed by atoms with Gasteiger partial charge in [0.2, 0.25) is 5.91 Å². The van der Waals surface area contributed by atoms with E-state index in [1.54, 1.807) is 10.3 Å². The van der Waals surface area contributed by atoms with E-state index in [1.165, 1.54) is 11.3 Å². The minimum atomic E-state index is -0.758. The Morgan fingerprint density at radius 1 is 1.20 bits per heavy atom. The second kappa shape index (κ2) is 9.49. The Morgan fingerprint density at radius 2 is 1.93 bits per heavy atom. The number of aromatic nitrogens is 2. The number of nitrogens with zero attached hydrogens (tertiary/aromatic N) is 3. The van der Waals surface area contributed by atoms with Crippen molar-refractivity contribution < 1.29 is 9.59 Å². The van der Waals surface area contributed by atoms with Gasteiger partial charge < -0.3 is 10.2 Å². The molecule has 0 saturated carbocycles. The topological polar surface area (TPSA) is 75.2 Å². The number of carbonyl (C=O) groups is 2. The van der Waals surface area contributed by atoms with Crippen molar-refractivity contribution in [2.24, 2.45) is 0 Å². The van der Waals surface area contributed by atoms with Crippen molar-refractivity contribution in [2.75, 3.05) is 0 Å². The first-order valence-electron chi connectivity index (χ1n) is 9.79. The van der Waals surface area contributed by atoms with Crippen molar-refractivity contribution in [3.63, 3.8) is 0 Å². The van der Waals surface area contributed by atoms with Crippen LogP contribution >= 0.6 is 22.9 Å².